The number of hydrogen-bond acceptors (Lipinski definition) is 3. The molecular formula is C20H26N4O3. The third-order valence-corrected chi connectivity index (χ3v) is 4.27. The van der Waals surface area contributed by atoms with Gasteiger partial charge in [-0.3, -0.25) is 9.59 Å². The van der Waals surface area contributed by atoms with Gasteiger partial charge in [0.2, 0.25) is 5.91 Å². The zero-order chi connectivity index (χ0) is 20.0. The van der Waals surface area contributed by atoms with E-state index in [4.69, 9.17) is 0 Å². The van der Waals surface area contributed by atoms with Crippen molar-refractivity contribution in [2.75, 3.05) is 10.6 Å². The van der Waals surface area contributed by atoms with Gasteiger partial charge in [-0.2, -0.15) is 0 Å². The summed E-state index contributed by atoms with van der Waals surface area (Å²) >= 11 is 0. The average molecular weight is 370 g/mol. The Morgan fingerprint density at radius 1 is 1.04 bits per heavy atom. The van der Waals surface area contributed by atoms with E-state index in [0.29, 0.717) is 11.4 Å². The van der Waals surface area contributed by atoms with Gasteiger partial charge in [-0.15, -0.1) is 0 Å². The number of aromatic nitrogens is 1. The van der Waals surface area contributed by atoms with Crippen LogP contribution in [0.25, 0.3) is 0 Å². The molecule has 2 rings (SSSR count). The SMILES string of the molecule is CC[C@H](C)NC(=O)Cn1c(C)ccc(NC(=O)Nc2ccc(C)cc2)c1=O. The van der Waals surface area contributed by atoms with Crippen LogP contribution in [-0.2, 0) is 11.3 Å². The molecule has 0 saturated heterocycles. The number of nitrogens with zero attached hydrogens (tertiary/aromatic N) is 1. The van der Waals surface area contributed by atoms with E-state index in [0.717, 1.165) is 12.0 Å². The summed E-state index contributed by atoms with van der Waals surface area (Å²) in [5, 5.41) is 8.06. The molecule has 3 N–H and O–H groups in total. The Kier molecular flexibility index (Phi) is 6.76. The van der Waals surface area contributed by atoms with E-state index in [1.165, 1.54) is 10.6 Å². The number of benzene rings is 1. The normalized spacial score (nSPS) is 11.6. The third kappa shape index (κ3) is 5.70. The topological polar surface area (TPSA) is 92.2 Å². The number of amides is 3. The predicted molar refractivity (Wildman–Crippen MR) is 107 cm³/mol. The second-order valence-corrected chi connectivity index (χ2v) is 6.60. The van der Waals surface area contributed by atoms with Crippen molar-refractivity contribution >= 4 is 23.3 Å². The summed E-state index contributed by atoms with van der Waals surface area (Å²) in [4.78, 5) is 36.9. The molecule has 0 saturated carbocycles. The summed E-state index contributed by atoms with van der Waals surface area (Å²) in [7, 11) is 0. The summed E-state index contributed by atoms with van der Waals surface area (Å²) in [6.07, 6.45) is 0.806. The number of pyridine rings is 1. The zero-order valence-electron chi connectivity index (χ0n) is 16.1. The molecule has 0 aliphatic heterocycles. The molecule has 0 unspecified atom stereocenters. The van der Waals surface area contributed by atoms with E-state index in [9.17, 15) is 14.4 Å². The van der Waals surface area contributed by atoms with Crippen molar-refractivity contribution in [3.63, 3.8) is 0 Å². The standard InChI is InChI=1S/C20H26N4O3/c1-5-14(3)21-18(25)12-24-15(4)8-11-17(19(24)26)23-20(27)22-16-9-6-13(2)7-10-16/h6-11,14H,5,12H2,1-4H3,(H,21,25)(H2,22,23,27)/t14-/m0/s1. The van der Waals surface area contributed by atoms with Gasteiger partial charge in [0, 0.05) is 17.4 Å². The van der Waals surface area contributed by atoms with Crippen LogP contribution in [0.4, 0.5) is 16.2 Å². The lowest BCUT2D eigenvalue weighted by molar-refractivity contribution is -0.122. The fourth-order valence-electron chi connectivity index (χ4n) is 2.45. The Bertz CT molecular complexity index is 872. The first kappa shape index (κ1) is 20.2. The lowest BCUT2D eigenvalue weighted by atomic mass is 10.2. The van der Waals surface area contributed by atoms with Gasteiger partial charge in [-0.25, -0.2) is 4.79 Å². The van der Waals surface area contributed by atoms with Gasteiger partial charge in [0.05, 0.1) is 0 Å². The summed E-state index contributed by atoms with van der Waals surface area (Å²) in [6.45, 7) is 7.48. The molecular weight excluding hydrogens is 344 g/mol. The molecule has 1 atom stereocenters. The van der Waals surface area contributed by atoms with Gasteiger partial charge in [-0.1, -0.05) is 24.6 Å². The molecule has 144 valence electrons. The molecule has 27 heavy (non-hydrogen) atoms. The monoisotopic (exact) mass is 370 g/mol. The van der Waals surface area contributed by atoms with E-state index < -0.39 is 11.6 Å². The van der Waals surface area contributed by atoms with Gasteiger partial charge in [0.15, 0.2) is 0 Å². The molecule has 2 aromatic rings. The zero-order valence-corrected chi connectivity index (χ0v) is 16.1. The highest BCUT2D eigenvalue weighted by atomic mass is 16.2. The number of carbonyl (C=O) groups is 2. The first-order valence-electron chi connectivity index (χ1n) is 8.94. The molecule has 7 heteroatoms. The number of urea groups is 1. The number of rotatable bonds is 6. The number of carbonyl (C=O) groups excluding carboxylic acids is 2. The summed E-state index contributed by atoms with van der Waals surface area (Å²) in [5.41, 5.74) is 2.04. The van der Waals surface area contributed by atoms with Crippen molar-refractivity contribution in [3.05, 3.63) is 58.0 Å². The van der Waals surface area contributed by atoms with Crippen LogP contribution in [0.2, 0.25) is 0 Å². The van der Waals surface area contributed by atoms with E-state index in [1.54, 1.807) is 25.1 Å². The van der Waals surface area contributed by atoms with Crippen LogP contribution in [0.15, 0.2) is 41.2 Å². The molecule has 0 aliphatic carbocycles. The maximum absolute atomic E-state index is 12.7. The van der Waals surface area contributed by atoms with Crippen molar-refractivity contribution in [1.82, 2.24) is 9.88 Å². The molecule has 0 bridgehead atoms. The minimum Gasteiger partial charge on any atom is -0.352 e. The second kappa shape index (κ2) is 9.02. The van der Waals surface area contributed by atoms with E-state index in [1.807, 2.05) is 32.9 Å². The molecule has 0 aliphatic rings. The van der Waals surface area contributed by atoms with Crippen LogP contribution >= 0.6 is 0 Å². The summed E-state index contributed by atoms with van der Waals surface area (Å²) in [5.74, 6) is -0.240. The number of hydrogen-bond donors (Lipinski definition) is 3. The van der Waals surface area contributed by atoms with Gasteiger partial charge in [-0.05, 0) is 51.5 Å². The molecule has 3 amide bonds. The fraction of sp³-hybridized carbons (Fsp3) is 0.350. The molecule has 7 nitrogen and oxygen atoms in total. The Balaban J connectivity index is 2.11. The summed E-state index contributed by atoms with van der Waals surface area (Å²) < 4.78 is 1.35. The van der Waals surface area contributed by atoms with Crippen LogP contribution in [0.3, 0.4) is 0 Å². The first-order chi connectivity index (χ1) is 12.8. The highest BCUT2D eigenvalue weighted by molar-refractivity contribution is 5.99. The Labute approximate surface area is 158 Å². The van der Waals surface area contributed by atoms with Gasteiger partial charge in [0.25, 0.3) is 5.56 Å². The number of nitrogens with one attached hydrogen (secondary N) is 3. The highest BCUT2D eigenvalue weighted by Gasteiger charge is 2.13. The van der Waals surface area contributed by atoms with E-state index >= 15 is 0 Å². The lowest BCUT2D eigenvalue weighted by Crippen LogP contribution is -2.38. The Hall–Kier alpha value is -3.09. The minimum atomic E-state index is -0.518. The molecule has 0 radical (unpaired) electrons. The van der Waals surface area contributed by atoms with Crippen molar-refractivity contribution < 1.29 is 9.59 Å². The van der Waals surface area contributed by atoms with Crippen molar-refractivity contribution in [2.24, 2.45) is 0 Å². The highest BCUT2D eigenvalue weighted by Crippen LogP contribution is 2.10. The average Bonchev–Trinajstić information content (AvgIpc) is 2.63. The second-order valence-electron chi connectivity index (χ2n) is 6.60. The van der Waals surface area contributed by atoms with Crippen LogP contribution in [0.5, 0.6) is 0 Å². The molecule has 0 fully saturated rings. The minimum absolute atomic E-state index is 0.0371. The molecule has 1 heterocycles. The van der Waals surface area contributed by atoms with Crippen molar-refractivity contribution in [1.29, 1.82) is 0 Å². The quantitative estimate of drug-likeness (QED) is 0.730. The smallest absolute Gasteiger partial charge is 0.323 e. The maximum Gasteiger partial charge on any atom is 0.323 e. The Morgan fingerprint density at radius 2 is 1.70 bits per heavy atom. The van der Waals surface area contributed by atoms with Crippen LogP contribution < -0.4 is 21.5 Å². The van der Waals surface area contributed by atoms with Crippen LogP contribution in [-0.4, -0.2) is 22.5 Å². The van der Waals surface area contributed by atoms with Gasteiger partial charge < -0.3 is 20.5 Å². The van der Waals surface area contributed by atoms with E-state index in [-0.39, 0.29) is 24.2 Å². The number of aryl methyl sites for hydroxylation is 2. The fourth-order valence-corrected chi connectivity index (χ4v) is 2.45. The Morgan fingerprint density at radius 3 is 2.33 bits per heavy atom. The summed E-state index contributed by atoms with van der Waals surface area (Å²) in [6, 6.07) is 10.1. The number of anilines is 2. The van der Waals surface area contributed by atoms with Crippen molar-refractivity contribution in [2.45, 2.75) is 46.7 Å². The largest absolute Gasteiger partial charge is 0.352 e. The van der Waals surface area contributed by atoms with Gasteiger partial charge >= 0.3 is 6.03 Å². The first-order valence-corrected chi connectivity index (χ1v) is 8.94. The van der Waals surface area contributed by atoms with Crippen molar-refractivity contribution in [3.8, 4) is 0 Å². The molecule has 1 aromatic heterocycles. The predicted octanol–water partition coefficient (Wildman–Crippen LogP) is 3.02. The van der Waals surface area contributed by atoms with Crippen LogP contribution in [0.1, 0.15) is 31.5 Å². The maximum atomic E-state index is 12.7. The van der Waals surface area contributed by atoms with Gasteiger partial charge in [0.1, 0.15) is 12.2 Å². The third-order valence-electron chi connectivity index (χ3n) is 4.27. The van der Waals surface area contributed by atoms with Crippen LogP contribution in [0, 0.1) is 13.8 Å². The molecule has 0 spiro atoms. The lowest BCUT2D eigenvalue weighted by Gasteiger charge is -2.15. The van der Waals surface area contributed by atoms with E-state index in [2.05, 4.69) is 16.0 Å². The molecule has 1 aromatic carbocycles.